The first-order valence-electron chi connectivity index (χ1n) is 8.95. The van der Waals surface area contributed by atoms with Gasteiger partial charge in [0.25, 0.3) is 0 Å². The number of aromatic nitrogens is 3. The summed E-state index contributed by atoms with van der Waals surface area (Å²) in [6, 6.07) is 2.22. The summed E-state index contributed by atoms with van der Waals surface area (Å²) in [4.78, 5) is 13.6. The zero-order valence-corrected chi connectivity index (χ0v) is 17.7. The molecule has 1 N–H and O–H groups in total. The molecule has 1 amide bonds. The van der Waals surface area contributed by atoms with E-state index in [1.54, 1.807) is 11.6 Å². The summed E-state index contributed by atoms with van der Waals surface area (Å²) in [6.07, 6.45) is 3.49. The Morgan fingerprint density at radius 3 is 2.96 bits per heavy atom. The number of nitriles is 1. The van der Waals surface area contributed by atoms with E-state index in [4.69, 9.17) is 0 Å². The predicted molar refractivity (Wildman–Crippen MR) is 107 cm³/mol. The Morgan fingerprint density at radius 2 is 2.25 bits per heavy atom. The van der Waals surface area contributed by atoms with Crippen LogP contribution in [0.25, 0.3) is 0 Å². The summed E-state index contributed by atoms with van der Waals surface area (Å²) in [5.41, 5.74) is 1.68. The maximum Gasteiger partial charge on any atom is 0.235 e. The molecular formula is C17H19N5O3S3. The van der Waals surface area contributed by atoms with Crippen LogP contribution in [0.2, 0.25) is 0 Å². The minimum absolute atomic E-state index is 0.101. The van der Waals surface area contributed by atoms with Crippen LogP contribution >= 0.6 is 23.1 Å². The molecule has 0 unspecified atom stereocenters. The number of rotatable bonds is 5. The summed E-state index contributed by atoms with van der Waals surface area (Å²) in [5.74, 6) is 0.727. The van der Waals surface area contributed by atoms with Crippen molar-refractivity contribution in [1.29, 1.82) is 5.26 Å². The first kappa shape index (κ1) is 19.4. The van der Waals surface area contributed by atoms with Crippen LogP contribution in [0.4, 0.5) is 5.00 Å². The summed E-state index contributed by atoms with van der Waals surface area (Å²) in [6.45, 7) is 0. The molecule has 1 saturated heterocycles. The number of sulfone groups is 1. The molecule has 28 heavy (non-hydrogen) atoms. The van der Waals surface area contributed by atoms with E-state index in [-0.39, 0.29) is 29.1 Å². The van der Waals surface area contributed by atoms with E-state index in [2.05, 4.69) is 21.6 Å². The van der Waals surface area contributed by atoms with Crippen molar-refractivity contribution in [1.82, 2.24) is 14.8 Å². The van der Waals surface area contributed by atoms with Crippen LogP contribution in [0, 0.1) is 11.3 Å². The number of anilines is 1. The van der Waals surface area contributed by atoms with Crippen LogP contribution in [0.3, 0.4) is 0 Å². The highest BCUT2D eigenvalue weighted by Gasteiger charge is 2.32. The van der Waals surface area contributed by atoms with E-state index >= 15 is 0 Å². The molecule has 2 aromatic rings. The molecule has 2 aromatic heterocycles. The van der Waals surface area contributed by atoms with E-state index in [1.165, 1.54) is 28.0 Å². The molecule has 2 aliphatic rings. The minimum atomic E-state index is -2.99. The van der Waals surface area contributed by atoms with Crippen molar-refractivity contribution in [3.63, 3.8) is 0 Å². The van der Waals surface area contributed by atoms with Crippen molar-refractivity contribution >= 4 is 43.8 Å². The molecular weight excluding hydrogens is 418 g/mol. The lowest BCUT2D eigenvalue weighted by Crippen LogP contribution is -2.14. The molecule has 1 aliphatic carbocycles. The number of thiophene rings is 1. The van der Waals surface area contributed by atoms with Gasteiger partial charge in [0.05, 0.1) is 22.8 Å². The molecule has 11 heteroatoms. The third-order valence-electron chi connectivity index (χ3n) is 5.08. The van der Waals surface area contributed by atoms with Crippen molar-refractivity contribution in [3.8, 4) is 6.07 Å². The zero-order chi connectivity index (χ0) is 19.9. The lowest BCUT2D eigenvalue weighted by Gasteiger charge is -2.08. The van der Waals surface area contributed by atoms with Gasteiger partial charge in [-0.25, -0.2) is 8.42 Å². The summed E-state index contributed by atoms with van der Waals surface area (Å²) < 4.78 is 25.1. The Hall–Kier alpha value is -1.90. The fourth-order valence-corrected chi connectivity index (χ4v) is 7.42. The number of fused-ring (bicyclic) bond motifs is 1. The normalized spacial score (nSPS) is 20.1. The van der Waals surface area contributed by atoms with Crippen molar-refractivity contribution in [2.24, 2.45) is 7.05 Å². The first-order valence-corrected chi connectivity index (χ1v) is 12.6. The van der Waals surface area contributed by atoms with Gasteiger partial charge in [0, 0.05) is 17.8 Å². The van der Waals surface area contributed by atoms with E-state index in [9.17, 15) is 18.5 Å². The highest BCUT2D eigenvalue weighted by atomic mass is 32.2. The third-order valence-corrected chi connectivity index (χ3v) is 9.08. The van der Waals surface area contributed by atoms with Gasteiger partial charge in [0.1, 0.15) is 16.9 Å². The van der Waals surface area contributed by atoms with Gasteiger partial charge in [-0.1, -0.05) is 11.8 Å². The smallest absolute Gasteiger partial charge is 0.235 e. The van der Waals surface area contributed by atoms with Crippen LogP contribution in [0.1, 0.15) is 40.6 Å². The van der Waals surface area contributed by atoms with Gasteiger partial charge < -0.3 is 9.88 Å². The second-order valence-electron chi connectivity index (χ2n) is 7.01. The largest absolute Gasteiger partial charge is 0.316 e. The maximum atomic E-state index is 12.4. The van der Waals surface area contributed by atoms with Crippen molar-refractivity contribution < 1.29 is 13.2 Å². The highest BCUT2D eigenvalue weighted by molar-refractivity contribution is 7.99. The number of carbonyl (C=O) groups excluding carboxylic acids is 1. The van der Waals surface area contributed by atoms with E-state index < -0.39 is 9.84 Å². The summed E-state index contributed by atoms with van der Waals surface area (Å²) >= 11 is 2.74. The Morgan fingerprint density at radius 1 is 1.43 bits per heavy atom. The molecule has 148 valence electrons. The summed E-state index contributed by atoms with van der Waals surface area (Å²) in [7, 11) is -1.20. The number of nitrogens with one attached hydrogen (secondary N) is 1. The van der Waals surface area contributed by atoms with Gasteiger partial charge in [0.15, 0.2) is 15.0 Å². The Kier molecular flexibility index (Phi) is 5.20. The molecule has 1 aliphatic heterocycles. The number of nitrogens with zero attached hydrogens (tertiary/aromatic N) is 4. The molecule has 8 nitrogen and oxygen atoms in total. The molecule has 3 heterocycles. The Labute approximate surface area is 171 Å². The number of carbonyl (C=O) groups is 1. The maximum absolute atomic E-state index is 12.4. The zero-order valence-electron chi connectivity index (χ0n) is 15.3. The molecule has 0 radical (unpaired) electrons. The van der Waals surface area contributed by atoms with E-state index in [0.717, 1.165) is 24.8 Å². The number of hydrogen-bond donors (Lipinski definition) is 1. The van der Waals surface area contributed by atoms with Crippen LogP contribution < -0.4 is 5.32 Å². The highest BCUT2D eigenvalue weighted by Crippen LogP contribution is 2.38. The monoisotopic (exact) mass is 437 g/mol. The Balaban J connectivity index is 1.39. The topological polar surface area (TPSA) is 118 Å². The number of thioether (sulfide) groups is 1. The van der Waals surface area contributed by atoms with Gasteiger partial charge >= 0.3 is 0 Å². The molecule has 0 bridgehead atoms. The van der Waals surface area contributed by atoms with Gasteiger partial charge in [-0.3, -0.25) is 4.79 Å². The van der Waals surface area contributed by atoms with Gasteiger partial charge in [0.2, 0.25) is 5.91 Å². The molecule has 4 rings (SSSR count). The van der Waals surface area contributed by atoms with Crippen molar-refractivity contribution in [3.05, 3.63) is 21.8 Å². The van der Waals surface area contributed by atoms with Crippen molar-refractivity contribution in [2.75, 3.05) is 22.6 Å². The first-order chi connectivity index (χ1) is 13.4. The second-order valence-corrected chi connectivity index (χ2v) is 11.3. The molecule has 0 saturated carbocycles. The fourth-order valence-electron chi connectivity index (χ4n) is 3.71. The van der Waals surface area contributed by atoms with E-state index in [1.807, 2.05) is 0 Å². The SMILES string of the molecule is Cn1c(SCC(=O)Nc2sc3c(c2C#N)CCC3)nnc1[C@H]1CCS(=O)(=O)C1. The number of hydrogen-bond acceptors (Lipinski definition) is 8. The second kappa shape index (κ2) is 7.50. The van der Waals surface area contributed by atoms with Gasteiger partial charge in [-0.05, 0) is 31.2 Å². The quantitative estimate of drug-likeness (QED) is 0.710. The number of amides is 1. The predicted octanol–water partition coefficient (Wildman–Crippen LogP) is 1.87. The molecule has 0 spiro atoms. The van der Waals surface area contributed by atoms with Crippen LogP contribution in [-0.4, -0.2) is 46.3 Å². The molecule has 1 atom stereocenters. The Bertz CT molecular complexity index is 1080. The molecule has 1 fully saturated rings. The van der Waals surface area contributed by atoms with E-state index in [0.29, 0.717) is 28.0 Å². The minimum Gasteiger partial charge on any atom is -0.316 e. The van der Waals surface area contributed by atoms with Crippen molar-refractivity contribution in [2.45, 2.75) is 36.8 Å². The van der Waals surface area contributed by atoms with Gasteiger partial charge in [-0.15, -0.1) is 21.5 Å². The lowest BCUT2D eigenvalue weighted by molar-refractivity contribution is -0.113. The number of aryl methyl sites for hydroxylation is 1. The van der Waals surface area contributed by atoms with Crippen LogP contribution in [0.15, 0.2) is 5.16 Å². The summed E-state index contributed by atoms with van der Waals surface area (Å²) in [5, 5.41) is 21.7. The average molecular weight is 438 g/mol. The standard InChI is InChI=1S/C17H19N5O3S3/c1-22-15(10-5-6-28(24,25)9-10)20-21-17(22)26-8-14(23)19-16-12(7-18)11-3-2-4-13(11)27-16/h10H,2-6,8-9H2,1H3,(H,19,23)/t10-/m0/s1. The molecule has 0 aromatic carbocycles. The van der Waals surface area contributed by atoms with Gasteiger partial charge in [-0.2, -0.15) is 5.26 Å². The average Bonchev–Trinajstić information content (AvgIpc) is 3.37. The lowest BCUT2D eigenvalue weighted by atomic mass is 10.1. The van der Waals surface area contributed by atoms with Crippen LogP contribution in [0.5, 0.6) is 0 Å². The third kappa shape index (κ3) is 3.68. The fraction of sp³-hybridized carbons (Fsp3) is 0.529. The van der Waals surface area contributed by atoms with Crippen LogP contribution in [-0.2, 0) is 34.5 Å².